The average Bonchev–Trinajstić information content (AvgIpc) is 3.64. The van der Waals surface area contributed by atoms with E-state index in [1.54, 1.807) is 7.11 Å². The molecule has 0 radical (unpaired) electrons. The zero-order valence-electron chi connectivity index (χ0n) is 19.1. The van der Waals surface area contributed by atoms with Gasteiger partial charge in [0, 0.05) is 13.2 Å². The smallest absolute Gasteiger partial charge is 0.320 e. The third kappa shape index (κ3) is 4.62. The third-order valence-electron chi connectivity index (χ3n) is 7.66. The van der Waals surface area contributed by atoms with Crippen molar-refractivity contribution in [3.63, 3.8) is 0 Å². The van der Waals surface area contributed by atoms with E-state index in [-0.39, 0.29) is 47.9 Å². The molecule has 2 aliphatic heterocycles. The fourth-order valence-electron chi connectivity index (χ4n) is 5.82. The Labute approximate surface area is 181 Å². The first-order chi connectivity index (χ1) is 14.4. The molecule has 6 nitrogen and oxygen atoms in total. The molecule has 170 valence electrons. The van der Waals surface area contributed by atoms with Gasteiger partial charge in [0.05, 0.1) is 25.2 Å². The molecule has 2 saturated carbocycles. The van der Waals surface area contributed by atoms with Crippen molar-refractivity contribution in [2.75, 3.05) is 20.3 Å². The van der Waals surface area contributed by atoms with Gasteiger partial charge in [0.25, 0.3) is 0 Å². The highest BCUT2D eigenvalue weighted by atomic mass is 16.6. The SMILES string of the molecule is COC1C(OC(=O)CNC2CCCCC2)CCC2(CO2)C1C1(C)OC1CC=C(C)C. The van der Waals surface area contributed by atoms with Crippen LogP contribution in [0.25, 0.3) is 0 Å². The zero-order valence-corrected chi connectivity index (χ0v) is 19.1. The molecular formula is C24H39NO5. The van der Waals surface area contributed by atoms with Crippen LogP contribution < -0.4 is 5.32 Å². The molecule has 1 N–H and O–H groups in total. The number of rotatable bonds is 8. The minimum Gasteiger partial charge on any atom is -0.459 e. The number of epoxide rings is 2. The maximum absolute atomic E-state index is 12.6. The summed E-state index contributed by atoms with van der Waals surface area (Å²) in [6, 6.07) is 0.446. The van der Waals surface area contributed by atoms with Crippen LogP contribution in [0.15, 0.2) is 11.6 Å². The van der Waals surface area contributed by atoms with Gasteiger partial charge in [-0.2, -0.15) is 0 Å². The Bertz CT molecular complexity index is 650. The molecule has 4 rings (SSSR count). The number of carbonyl (C=O) groups is 1. The summed E-state index contributed by atoms with van der Waals surface area (Å²) in [4.78, 5) is 12.6. The fraction of sp³-hybridized carbons (Fsp3) is 0.875. The van der Waals surface area contributed by atoms with Gasteiger partial charge in [0.2, 0.25) is 0 Å². The number of hydrogen-bond acceptors (Lipinski definition) is 6. The molecule has 4 aliphatic rings. The van der Waals surface area contributed by atoms with Gasteiger partial charge in [0.1, 0.15) is 23.4 Å². The van der Waals surface area contributed by atoms with E-state index < -0.39 is 0 Å². The van der Waals surface area contributed by atoms with Crippen LogP contribution >= 0.6 is 0 Å². The predicted molar refractivity (Wildman–Crippen MR) is 114 cm³/mol. The van der Waals surface area contributed by atoms with E-state index in [1.165, 1.54) is 24.8 Å². The summed E-state index contributed by atoms with van der Waals surface area (Å²) in [5.41, 5.74) is 0.821. The molecule has 2 saturated heterocycles. The van der Waals surface area contributed by atoms with Crippen molar-refractivity contribution >= 4 is 5.97 Å². The topological polar surface area (TPSA) is 72.6 Å². The number of methoxy groups -OCH3 is 1. The molecule has 6 heteroatoms. The molecule has 2 aliphatic carbocycles. The van der Waals surface area contributed by atoms with E-state index in [0.717, 1.165) is 38.7 Å². The van der Waals surface area contributed by atoms with E-state index >= 15 is 0 Å². The largest absolute Gasteiger partial charge is 0.459 e. The van der Waals surface area contributed by atoms with Gasteiger partial charge in [-0.25, -0.2) is 0 Å². The van der Waals surface area contributed by atoms with Gasteiger partial charge in [-0.3, -0.25) is 4.79 Å². The van der Waals surface area contributed by atoms with Crippen molar-refractivity contribution in [3.8, 4) is 0 Å². The lowest BCUT2D eigenvalue weighted by molar-refractivity contribution is -0.171. The maximum Gasteiger partial charge on any atom is 0.320 e. The van der Waals surface area contributed by atoms with Gasteiger partial charge in [-0.15, -0.1) is 0 Å². The van der Waals surface area contributed by atoms with Crippen LogP contribution in [-0.2, 0) is 23.7 Å². The molecule has 0 aromatic heterocycles. The molecule has 2 heterocycles. The Kier molecular flexibility index (Phi) is 6.59. The standard InChI is InChI=1S/C24H39NO5/c1-16(2)10-11-19-23(3,30-19)22-21(27-4)18(12-13-24(22)15-28-24)29-20(26)14-25-17-8-6-5-7-9-17/h10,17-19,21-22,25H,5-9,11-15H2,1-4H3. The number of nitrogens with one attached hydrogen (secondary N) is 1. The molecule has 6 unspecified atom stereocenters. The van der Waals surface area contributed by atoms with Crippen LogP contribution in [0.3, 0.4) is 0 Å². The van der Waals surface area contributed by atoms with Crippen LogP contribution in [0.5, 0.6) is 0 Å². The molecule has 0 aromatic rings. The molecule has 6 atom stereocenters. The van der Waals surface area contributed by atoms with E-state index in [1.807, 2.05) is 0 Å². The predicted octanol–water partition coefficient (Wildman–Crippen LogP) is 3.53. The average molecular weight is 422 g/mol. The van der Waals surface area contributed by atoms with Gasteiger partial charge < -0.3 is 24.3 Å². The first-order valence-electron chi connectivity index (χ1n) is 11.8. The summed E-state index contributed by atoms with van der Waals surface area (Å²) in [6.45, 7) is 7.42. The van der Waals surface area contributed by atoms with Crippen molar-refractivity contribution in [2.24, 2.45) is 5.92 Å². The molecule has 0 bridgehead atoms. The normalized spacial score (nSPS) is 40.8. The first kappa shape index (κ1) is 22.3. The summed E-state index contributed by atoms with van der Waals surface area (Å²) in [5.74, 6) is -0.106. The Morgan fingerprint density at radius 3 is 2.57 bits per heavy atom. The third-order valence-corrected chi connectivity index (χ3v) is 7.66. The van der Waals surface area contributed by atoms with Crippen LogP contribution in [0.2, 0.25) is 0 Å². The highest BCUT2D eigenvalue weighted by Gasteiger charge is 2.72. The van der Waals surface area contributed by atoms with Crippen LogP contribution in [0.4, 0.5) is 0 Å². The highest BCUT2D eigenvalue weighted by Crippen LogP contribution is 2.59. The van der Waals surface area contributed by atoms with Crippen LogP contribution in [-0.4, -0.2) is 61.8 Å². The van der Waals surface area contributed by atoms with E-state index in [4.69, 9.17) is 18.9 Å². The summed E-state index contributed by atoms with van der Waals surface area (Å²) in [5, 5.41) is 3.39. The lowest BCUT2D eigenvalue weighted by Gasteiger charge is -2.42. The minimum absolute atomic E-state index is 0.0726. The summed E-state index contributed by atoms with van der Waals surface area (Å²) in [6.07, 6.45) is 10.6. The monoisotopic (exact) mass is 421 g/mol. The molecule has 30 heavy (non-hydrogen) atoms. The minimum atomic E-state index is -0.297. The van der Waals surface area contributed by atoms with Crippen LogP contribution in [0, 0.1) is 5.92 Å². The lowest BCUT2D eigenvalue weighted by atomic mass is 9.68. The first-order valence-corrected chi connectivity index (χ1v) is 11.8. The number of esters is 1. The second kappa shape index (κ2) is 8.89. The highest BCUT2D eigenvalue weighted by molar-refractivity contribution is 5.72. The van der Waals surface area contributed by atoms with Crippen molar-refractivity contribution in [2.45, 2.75) is 108 Å². The second-order valence-corrected chi connectivity index (χ2v) is 10.1. The van der Waals surface area contributed by atoms with Gasteiger partial charge in [-0.05, 0) is 52.9 Å². The Balaban J connectivity index is 1.38. The fourth-order valence-corrected chi connectivity index (χ4v) is 5.82. The van der Waals surface area contributed by atoms with Crippen molar-refractivity contribution in [1.29, 1.82) is 0 Å². The van der Waals surface area contributed by atoms with E-state index in [2.05, 4.69) is 32.2 Å². The van der Waals surface area contributed by atoms with Gasteiger partial charge >= 0.3 is 5.97 Å². The number of hydrogen-bond donors (Lipinski definition) is 1. The zero-order chi connectivity index (χ0) is 21.4. The Morgan fingerprint density at radius 2 is 1.93 bits per heavy atom. The molecule has 0 aromatic carbocycles. The lowest BCUT2D eigenvalue weighted by Crippen LogP contribution is -2.56. The Hall–Kier alpha value is -0.950. The molecule has 1 spiro atoms. The molecule has 0 amide bonds. The number of ether oxygens (including phenoxy) is 4. The van der Waals surface area contributed by atoms with Crippen molar-refractivity contribution in [1.82, 2.24) is 5.32 Å². The maximum atomic E-state index is 12.6. The number of allylic oxidation sites excluding steroid dienone is 1. The van der Waals surface area contributed by atoms with Gasteiger partial charge in [0.15, 0.2) is 0 Å². The van der Waals surface area contributed by atoms with Crippen molar-refractivity contribution in [3.05, 3.63) is 11.6 Å². The second-order valence-electron chi connectivity index (χ2n) is 10.1. The van der Waals surface area contributed by atoms with E-state index in [0.29, 0.717) is 6.04 Å². The van der Waals surface area contributed by atoms with Crippen LogP contribution in [0.1, 0.15) is 72.1 Å². The molecule has 4 fully saturated rings. The summed E-state index contributed by atoms with van der Waals surface area (Å²) in [7, 11) is 1.72. The van der Waals surface area contributed by atoms with Gasteiger partial charge in [-0.1, -0.05) is 30.9 Å². The molecular weight excluding hydrogens is 382 g/mol. The summed E-state index contributed by atoms with van der Waals surface area (Å²) < 4.78 is 24.1. The summed E-state index contributed by atoms with van der Waals surface area (Å²) >= 11 is 0. The number of carbonyl (C=O) groups excluding carboxylic acids is 1. The quantitative estimate of drug-likeness (QED) is 0.367. The van der Waals surface area contributed by atoms with E-state index in [9.17, 15) is 4.79 Å². The van der Waals surface area contributed by atoms with Crippen molar-refractivity contribution < 1.29 is 23.7 Å². The Morgan fingerprint density at radius 1 is 1.20 bits per heavy atom.